The molecule has 4 nitrogen and oxygen atoms in total. The predicted octanol–water partition coefficient (Wildman–Crippen LogP) is 2.72. The lowest BCUT2D eigenvalue weighted by atomic mass is 9.93. The van der Waals surface area contributed by atoms with Crippen molar-refractivity contribution in [1.29, 1.82) is 0 Å². The van der Waals surface area contributed by atoms with Gasteiger partial charge < -0.3 is 10.2 Å². The van der Waals surface area contributed by atoms with Gasteiger partial charge in [0.1, 0.15) is 5.54 Å². The molecule has 2 atom stereocenters. The van der Waals surface area contributed by atoms with Crippen molar-refractivity contribution in [3.63, 3.8) is 0 Å². The first kappa shape index (κ1) is 16.3. The number of amides is 2. The van der Waals surface area contributed by atoms with Gasteiger partial charge in [0.25, 0.3) is 0 Å². The Morgan fingerprint density at radius 1 is 1.24 bits per heavy atom. The van der Waals surface area contributed by atoms with Crippen LogP contribution in [0.1, 0.15) is 66.2 Å². The fourth-order valence-electron chi connectivity index (χ4n) is 3.36. The predicted molar refractivity (Wildman–Crippen MR) is 83.8 cm³/mol. The van der Waals surface area contributed by atoms with E-state index in [1.807, 2.05) is 11.8 Å². The number of carbonyl (C=O) groups is 2. The SMILES string of the molecule is CC(C)CCCC(C)N1CCC(=O)NC(C)(C2CC2)C1=O. The zero-order chi connectivity index (χ0) is 15.6. The molecule has 4 heteroatoms. The number of hydrogen-bond acceptors (Lipinski definition) is 2. The van der Waals surface area contributed by atoms with Crippen molar-refractivity contribution in [2.75, 3.05) is 6.54 Å². The van der Waals surface area contributed by atoms with Crippen LogP contribution < -0.4 is 5.32 Å². The van der Waals surface area contributed by atoms with E-state index in [0.29, 0.717) is 24.8 Å². The molecule has 0 aromatic heterocycles. The summed E-state index contributed by atoms with van der Waals surface area (Å²) in [4.78, 5) is 26.9. The minimum Gasteiger partial charge on any atom is -0.342 e. The second-order valence-corrected chi connectivity index (χ2v) is 7.45. The topological polar surface area (TPSA) is 49.4 Å². The van der Waals surface area contributed by atoms with Gasteiger partial charge in [-0.2, -0.15) is 0 Å². The Labute approximate surface area is 128 Å². The number of nitrogens with one attached hydrogen (secondary N) is 1. The maximum absolute atomic E-state index is 12.9. The van der Waals surface area contributed by atoms with Crippen LogP contribution in [0.4, 0.5) is 0 Å². The molecule has 2 unspecified atom stereocenters. The van der Waals surface area contributed by atoms with E-state index < -0.39 is 5.54 Å². The normalized spacial score (nSPS) is 28.5. The van der Waals surface area contributed by atoms with E-state index in [0.717, 1.165) is 25.7 Å². The second kappa shape index (κ2) is 6.37. The molecular weight excluding hydrogens is 264 g/mol. The largest absolute Gasteiger partial charge is 0.342 e. The molecule has 1 saturated heterocycles. The molecule has 1 heterocycles. The molecule has 1 saturated carbocycles. The van der Waals surface area contributed by atoms with Crippen molar-refractivity contribution in [3.8, 4) is 0 Å². The van der Waals surface area contributed by atoms with Crippen LogP contribution in [-0.4, -0.2) is 34.8 Å². The smallest absolute Gasteiger partial charge is 0.248 e. The minimum absolute atomic E-state index is 0.0228. The van der Waals surface area contributed by atoms with Crippen molar-refractivity contribution in [1.82, 2.24) is 10.2 Å². The molecule has 120 valence electrons. The van der Waals surface area contributed by atoms with Crippen molar-refractivity contribution in [3.05, 3.63) is 0 Å². The quantitative estimate of drug-likeness (QED) is 0.819. The second-order valence-electron chi connectivity index (χ2n) is 7.45. The van der Waals surface area contributed by atoms with Crippen LogP contribution in [0.15, 0.2) is 0 Å². The molecule has 0 bridgehead atoms. The van der Waals surface area contributed by atoms with Crippen molar-refractivity contribution in [2.24, 2.45) is 11.8 Å². The van der Waals surface area contributed by atoms with Crippen LogP contribution in [-0.2, 0) is 9.59 Å². The van der Waals surface area contributed by atoms with E-state index in [1.165, 1.54) is 6.42 Å². The molecule has 2 rings (SSSR count). The highest BCUT2D eigenvalue weighted by atomic mass is 16.2. The van der Waals surface area contributed by atoms with E-state index in [9.17, 15) is 9.59 Å². The Morgan fingerprint density at radius 2 is 1.90 bits per heavy atom. The lowest BCUT2D eigenvalue weighted by molar-refractivity contribution is -0.141. The summed E-state index contributed by atoms with van der Waals surface area (Å²) in [5.41, 5.74) is -0.667. The van der Waals surface area contributed by atoms with Gasteiger partial charge in [-0.25, -0.2) is 0 Å². The lowest BCUT2D eigenvalue weighted by Gasteiger charge is -2.35. The van der Waals surface area contributed by atoms with Gasteiger partial charge in [-0.15, -0.1) is 0 Å². The lowest BCUT2D eigenvalue weighted by Crippen LogP contribution is -2.58. The van der Waals surface area contributed by atoms with Gasteiger partial charge in [-0.05, 0) is 44.9 Å². The Bertz CT molecular complexity index is 404. The van der Waals surface area contributed by atoms with Crippen molar-refractivity contribution in [2.45, 2.75) is 77.8 Å². The maximum Gasteiger partial charge on any atom is 0.248 e. The summed E-state index contributed by atoms with van der Waals surface area (Å²) in [5, 5.41) is 3.00. The monoisotopic (exact) mass is 294 g/mol. The van der Waals surface area contributed by atoms with Crippen LogP contribution in [0.25, 0.3) is 0 Å². The van der Waals surface area contributed by atoms with Gasteiger partial charge in [0.15, 0.2) is 0 Å². The van der Waals surface area contributed by atoms with Crippen LogP contribution in [0.2, 0.25) is 0 Å². The summed E-state index contributed by atoms with van der Waals surface area (Å²) < 4.78 is 0. The Kier molecular flexibility index (Phi) is 4.95. The van der Waals surface area contributed by atoms with Gasteiger partial charge in [-0.3, -0.25) is 9.59 Å². The van der Waals surface area contributed by atoms with E-state index in [1.54, 1.807) is 0 Å². The third-order valence-corrected chi connectivity index (χ3v) is 5.01. The first-order valence-electron chi connectivity index (χ1n) is 8.46. The summed E-state index contributed by atoms with van der Waals surface area (Å²) in [5.74, 6) is 1.19. The highest BCUT2D eigenvalue weighted by Crippen LogP contribution is 2.41. The number of nitrogens with zero attached hydrogens (tertiary/aromatic N) is 1. The van der Waals surface area contributed by atoms with E-state index in [2.05, 4.69) is 26.1 Å². The average molecular weight is 294 g/mol. The molecule has 0 aromatic rings. The Balaban J connectivity index is 2.03. The highest BCUT2D eigenvalue weighted by Gasteiger charge is 2.51. The molecule has 2 amide bonds. The molecule has 21 heavy (non-hydrogen) atoms. The Morgan fingerprint density at radius 3 is 2.48 bits per heavy atom. The summed E-state index contributed by atoms with van der Waals surface area (Å²) in [6.07, 6.45) is 5.91. The zero-order valence-corrected chi connectivity index (χ0v) is 13.9. The van der Waals surface area contributed by atoms with Crippen molar-refractivity contribution >= 4 is 11.8 Å². The van der Waals surface area contributed by atoms with Crippen LogP contribution >= 0.6 is 0 Å². The van der Waals surface area contributed by atoms with Crippen LogP contribution in [0.5, 0.6) is 0 Å². The number of hydrogen-bond donors (Lipinski definition) is 1. The van der Waals surface area contributed by atoms with Gasteiger partial charge in [0.2, 0.25) is 11.8 Å². The summed E-state index contributed by atoms with van der Waals surface area (Å²) in [7, 11) is 0. The number of carbonyl (C=O) groups excluding carboxylic acids is 2. The van der Waals surface area contributed by atoms with Crippen LogP contribution in [0.3, 0.4) is 0 Å². The van der Waals surface area contributed by atoms with Crippen LogP contribution in [0, 0.1) is 11.8 Å². The molecule has 0 spiro atoms. The Hall–Kier alpha value is -1.06. The fourth-order valence-corrected chi connectivity index (χ4v) is 3.36. The van der Waals surface area contributed by atoms with E-state index >= 15 is 0 Å². The molecular formula is C17H30N2O2. The first-order chi connectivity index (χ1) is 9.84. The van der Waals surface area contributed by atoms with E-state index in [4.69, 9.17) is 0 Å². The van der Waals surface area contributed by atoms with Gasteiger partial charge in [0.05, 0.1) is 0 Å². The van der Waals surface area contributed by atoms with E-state index in [-0.39, 0.29) is 17.9 Å². The van der Waals surface area contributed by atoms with Crippen molar-refractivity contribution < 1.29 is 9.59 Å². The van der Waals surface area contributed by atoms with Gasteiger partial charge in [-0.1, -0.05) is 26.7 Å². The third-order valence-electron chi connectivity index (χ3n) is 5.01. The van der Waals surface area contributed by atoms with Gasteiger partial charge >= 0.3 is 0 Å². The summed E-state index contributed by atoms with van der Waals surface area (Å²) >= 11 is 0. The minimum atomic E-state index is -0.667. The molecule has 1 aliphatic heterocycles. The first-order valence-corrected chi connectivity index (χ1v) is 8.46. The van der Waals surface area contributed by atoms with Gasteiger partial charge in [0, 0.05) is 19.0 Å². The fraction of sp³-hybridized carbons (Fsp3) is 0.882. The third kappa shape index (κ3) is 3.78. The maximum atomic E-state index is 12.9. The zero-order valence-electron chi connectivity index (χ0n) is 13.9. The molecule has 1 N–H and O–H groups in total. The standard InChI is InChI=1S/C17H30N2O2/c1-12(2)6-5-7-13(3)19-11-10-15(20)18-17(4,16(19)21)14-8-9-14/h12-14H,5-11H2,1-4H3,(H,18,20). The molecule has 1 aliphatic carbocycles. The summed E-state index contributed by atoms with van der Waals surface area (Å²) in [6, 6.07) is 0.224. The number of rotatable bonds is 6. The molecule has 0 aromatic carbocycles. The summed E-state index contributed by atoms with van der Waals surface area (Å²) in [6.45, 7) is 9.07. The molecule has 2 fully saturated rings. The molecule has 0 radical (unpaired) electrons. The molecule has 2 aliphatic rings. The average Bonchev–Trinajstić information content (AvgIpc) is 3.21. The highest BCUT2D eigenvalue weighted by molar-refractivity contribution is 5.94.